The highest BCUT2D eigenvalue weighted by Gasteiger charge is 2.07. The normalized spacial score (nSPS) is 11.7. The van der Waals surface area contributed by atoms with Gasteiger partial charge in [0.2, 0.25) is 5.91 Å². The third kappa shape index (κ3) is 4.07. The third-order valence-electron chi connectivity index (χ3n) is 2.77. The van der Waals surface area contributed by atoms with Gasteiger partial charge < -0.3 is 16.4 Å². The first-order valence-electron chi connectivity index (χ1n) is 6.45. The van der Waals surface area contributed by atoms with E-state index in [4.69, 9.17) is 5.73 Å². The van der Waals surface area contributed by atoms with Gasteiger partial charge in [0.15, 0.2) is 0 Å². The maximum Gasteiger partial charge on any atom is 0.242 e. The molecule has 104 valence electrons. The average Bonchev–Trinajstić information content (AvgIpc) is 2.47. The smallest absolute Gasteiger partial charge is 0.242 e. The summed E-state index contributed by atoms with van der Waals surface area (Å²) >= 11 is 0. The van der Waals surface area contributed by atoms with Crippen molar-refractivity contribution in [3.8, 4) is 0 Å². The van der Waals surface area contributed by atoms with Crippen LogP contribution in [0.4, 0.5) is 11.5 Å². The lowest BCUT2D eigenvalue weighted by Gasteiger charge is -2.09. The molecule has 1 aromatic carbocycles. The van der Waals surface area contributed by atoms with Crippen molar-refractivity contribution in [1.82, 2.24) is 4.98 Å². The summed E-state index contributed by atoms with van der Waals surface area (Å²) in [5.74, 6) is 0.250. The fourth-order valence-corrected chi connectivity index (χ4v) is 1.61. The van der Waals surface area contributed by atoms with E-state index in [9.17, 15) is 4.79 Å². The van der Waals surface area contributed by atoms with Crippen LogP contribution in [0.25, 0.3) is 0 Å². The van der Waals surface area contributed by atoms with Gasteiger partial charge >= 0.3 is 0 Å². The molecular formula is C15H18N4O. The number of nitrogens with two attached hydrogens (primary N) is 1. The molecule has 2 rings (SSSR count). The molecule has 0 aliphatic rings. The Morgan fingerprint density at radius 3 is 2.60 bits per heavy atom. The van der Waals surface area contributed by atoms with Crippen LogP contribution in [0, 0.1) is 0 Å². The van der Waals surface area contributed by atoms with E-state index in [2.05, 4.69) is 27.8 Å². The molecule has 1 aromatic heterocycles. The Morgan fingerprint density at radius 1 is 1.25 bits per heavy atom. The van der Waals surface area contributed by atoms with Crippen LogP contribution < -0.4 is 16.4 Å². The standard InChI is InChI=1S/C15H18N4O/c1-11(16)15(20)19-14-8-7-13(10-18-14)17-9-12-5-3-2-4-6-12/h2-8,10-11,17H,9,16H2,1H3,(H,18,19,20). The van der Waals surface area contributed by atoms with E-state index >= 15 is 0 Å². The molecular weight excluding hydrogens is 252 g/mol. The molecule has 0 spiro atoms. The number of anilines is 2. The SMILES string of the molecule is CC(N)C(=O)Nc1ccc(NCc2ccccc2)cn1. The molecule has 5 heteroatoms. The number of hydrogen-bond acceptors (Lipinski definition) is 4. The van der Waals surface area contributed by atoms with E-state index < -0.39 is 6.04 Å². The van der Waals surface area contributed by atoms with E-state index in [1.165, 1.54) is 5.56 Å². The molecule has 0 saturated heterocycles. The lowest BCUT2D eigenvalue weighted by Crippen LogP contribution is -2.32. The van der Waals surface area contributed by atoms with Gasteiger partial charge in [-0.3, -0.25) is 4.79 Å². The minimum absolute atomic E-state index is 0.248. The van der Waals surface area contributed by atoms with Gasteiger partial charge in [0.05, 0.1) is 17.9 Å². The summed E-state index contributed by atoms with van der Waals surface area (Å²) in [5.41, 5.74) is 7.57. The Hall–Kier alpha value is -2.40. The first kappa shape index (κ1) is 14.0. The second kappa shape index (κ2) is 6.68. The largest absolute Gasteiger partial charge is 0.380 e. The van der Waals surface area contributed by atoms with Gasteiger partial charge in [0, 0.05) is 6.54 Å². The van der Waals surface area contributed by atoms with Crippen molar-refractivity contribution in [3.63, 3.8) is 0 Å². The van der Waals surface area contributed by atoms with Gasteiger partial charge in [-0.2, -0.15) is 0 Å². The fraction of sp³-hybridized carbons (Fsp3) is 0.200. The molecule has 1 atom stereocenters. The van der Waals surface area contributed by atoms with Crippen molar-refractivity contribution in [2.24, 2.45) is 5.73 Å². The zero-order valence-corrected chi connectivity index (χ0v) is 11.3. The number of benzene rings is 1. The van der Waals surface area contributed by atoms with Crippen molar-refractivity contribution in [3.05, 3.63) is 54.2 Å². The summed E-state index contributed by atoms with van der Waals surface area (Å²) in [6, 6.07) is 13.2. The Kier molecular flexibility index (Phi) is 4.68. The average molecular weight is 270 g/mol. The number of amides is 1. The highest BCUT2D eigenvalue weighted by molar-refractivity contribution is 5.93. The monoisotopic (exact) mass is 270 g/mol. The Balaban J connectivity index is 1.90. The zero-order valence-electron chi connectivity index (χ0n) is 11.3. The second-order valence-electron chi connectivity index (χ2n) is 4.55. The van der Waals surface area contributed by atoms with Gasteiger partial charge in [-0.1, -0.05) is 30.3 Å². The number of carbonyl (C=O) groups excluding carboxylic acids is 1. The van der Waals surface area contributed by atoms with Crippen molar-refractivity contribution < 1.29 is 4.79 Å². The molecule has 0 saturated carbocycles. The topological polar surface area (TPSA) is 80.0 Å². The van der Waals surface area contributed by atoms with Crippen LogP contribution in [-0.2, 0) is 11.3 Å². The van der Waals surface area contributed by atoms with Gasteiger partial charge in [-0.05, 0) is 24.6 Å². The number of nitrogens with one attached hydrogen (secondary N) is 2. The van der Waals surface area contributed by atoms with Crippen LogP contribution in [-0.4, -0.2) is 16.9 Å². The lowest BCUT2D eigenvalue weighted by atomic mass is 10.2. The number of carbonyl (C=O) groups is 1. The minimum atomic E-state index is -0.548. The molecule has 0 aliphatic heterocycles. The van der Waals surface area contributed by atoms with Crippen molar-refractivity contribution in [2.75, 3.05) is 10.6 Å². The number of rotatable bonds is 5. The molecule has 20 heavy (non-hydrogen) atoms. The van der Waals surface area contributed by atoms with Crippen LogP contribution in [0.15, 0.2) is 48.7 Å². The molecule has 4 N–H and O–H groups in total. The van der Waals surface area contributed by atoms with Crippen molar-refractivity contribution >= 4 is 17.4 Å². The first-order chi connectivity index (χ1) is 9.65. The summed E-state index contributed by atoms with van der Waals surface area (Å²) in [6.07, 6.45) is 1.68. The Bertz CT molecular complexity index is 552. The molecule has 0 bridgehead atoms. The van der Waals surface area contributed by atoms with E-state index in [-0.39, 0.29) is 5.91 Å². The Labute approximate surface area is 118 Å². The van der Waals surface area contributed by atoms with E-state index in [1.54, 1.807) is 19.2 Å². The third-order valence-corrected chi connectivity index (χ3v) is 2.77. The second-order valence-corrected chi connectivity index (χ2v) is 4.55. The highest BCUT2D eigenvalue weighted by Crippen LogP contribution is 2.11. The maximum atomic E-state index is 11.4. The molecule has 1 amide bonds. The van der Waals surface area contributed by atoms with Gasteiger partial charge in [0.25, 0.3) is 0 Å². The van der Waals surface area contributed by atoms with Gasteiger partial charge in [-0.25, -0.2) is 4.98 Å². The van der Waals surface area contributed by atoms with E-state index in [0.717, 1.165) is 12.2 Å². The molecule has 0 radical (unpaired) electrons. The predicted molar refractivity (Wildman–Crippen MR) is 80.3 cm³/mol. The number of aromatic nitrogens is 1. The Morgan fingerprint density at radius 2 is 2.00 bits per heavy atom. The predicted octanol–water partition coefficient (Wildman–Crippen LogP) is 1.98. The van der Waals surface area contributed by atoms with Crippen molar-refractivity contribution in [1.29, 1.82) is 0 Å². The summed E-state index contributed by atoms with van der Waals surface area (Å²) in [6.45, 7) is 2.36. The maximum absolute atomic E-state index is 11.4. The fourth-order valence-electron chi connectivity index (χ4n) is 1.61. The first-order valence-corrected chi connectivity index (χ1v) is 6.45. The number of nitrogens with zero attached hydrogens (tertiary/aromatic N) is 1. The van der Waals surface area contributed by atoms with Crippen LogP contribution in [0.2, 0.25) is 0 Å². The summed E-state index contributed by atoms with van der Waals surface area (Å²) in [7, 11) is 0. The number of pyridine rings is 1. The quantitative estimate of drug-likeness (QED) is 0.776. The lowest BCUT2D eigenvalue weighted by molar-refractivity contribution is -0.117. The molecule has 0 aliphatic carbocycles. The highest BCUT2D eigenvalue weighted by atomic mass is 16.2. The van der Waals surface area contributed by atoms with Crippen LogP contribution in [0.3, 0.4) is 0 Å². The summed E-state index contributed by atoms with van der Waals surface area (Å²) in [5, 5.41) is 5.90. The van der Waals surface area contributed by atoms with Crippen LogP contribution in [0.5, 0.6) is 0 Å². The summed E-state index contributed by atoms with van der Waals surface area (Å²) < 4.78 is 0. The van der Waals surface area contributed by atoms with Crippen LogP contribution >= 0.6 is 0 Å². The van der Waals surface area contributed by atoms with Crippen LogP contribution in [0.1, 0.15) is 12.5 Å². The van der Waals surface area contributed by atoms with E-state index in [1.807, 2.05) is 24.3 Å². The number of hydrogen-bond donors (Lipinski definition) is 3. The molecule has 1 unspecified atom stereocenters. The zero-order chi connectivity index (χ0) is 14.4. The van der Waals surface area contributed by atoms with Gasteiger partial charge in [-0.15, -0.1) is 0 Å². The van der Waals surface area contributed by atoms with Gasteiger partial charge in [0.1, 0.15) is 5.82 Å². The minimum Gasteiger partial charge on any atom is -0.380 e. The molecule has 1 heterocycles. The molecule has 2 aromatic rings. The van der Waals surface area contributed by atoms with E-state index in [0.29, 0.717) is 5.82 Å². The molecule has 0 fully saturated rings. The molecule has 5 nitrogen and oxygen atoms in total. The summed E-state index contributed by atoms with van der Waals surface area (Å²) in [4.78, 5) is 15.6. The van der Waals surface area contributed by atoms with Crippen molar-refractivity contribution in [2.45, 2.75) is 19.5 Å².